The first kappa shape index (κ1) is 15.1. The summed E-state index contributed by atoms with van der Waals surface area (Å²) in [6.07, 6.45) is -0.623. The van der Waals surface area contributed by atoms with Crippen molar-refractivity contribution in [1.82, 2.24) is 5.16 Å². The monoisotopic (exact) mass is 288 g/mol. The number of carbonyl (C=O) groups is 1. The molecule has 1 amide bonds. The van der Waals surface area contributed by atoms with Gasteiger partial charge >= 0.3 is 0 Å². The van der Waals surface area contributed by atoms with Crippen molar-refractivity contribution in [3.63, 3.8) is 0 Å². The van der Waals surface area contributed by atoms with Crippen molar-refractivity contribution in [1.29, 1.82) is 0 Å². The smallest absolute Gasteiger partial charge is 0.266 e. The second kappa shape index (κ2) is 5.99. The van der Waals surface area contributed by atoms with E-state index in [4.69, 9.17) is 9.26 Å². The fourth-order valence-corrected chi connectivity index (χ4v) is 1.67. The van der Waals surface area contributed by atoms with E-state index >= 15 is 0 Å². The normalized spacial score (nSPS) is 12.8. The number of nitrogens with zero attached hydrogens (tertiary/aromatic N) is 1. The Morgan fingerprint density at radius 3 is 2.52 bits per heavy atom. The quantitative estimate of drug-likeness (QED) is 0.936. The number of rotatable bonds is 4. The van der Waals surface area contributed by atoms with Crippen molar-refractivity contribution < 1.29 is 14.1 Å². The van der Waals surface area contributed by atoms with Crippen LogP contribution in [-0.2, 0) is 10.2 Å². The van der Waals surface area contributed by atoms with Crippen molar-refractivity contribution in [2.45, 2.75) is 39.2 Å². The van der Waals surface area contributed by atoms with Crippen LogP contribution >= 0.6 is 0 Å². The number of aromatic nitrogens is 1. The van der Waals surface area contributed by atoms with Crippen LogP contribution in [-0.4, -0.2) is 17.2 Å². The third kappa shape index (κ3) is 4.08. The van der Waals surface area contributed by atoms with Gasteiger partial charge in [-0.2, -0.15) is 0 Å². The maximum atomic E-state index is 12.1. The largest absolute Gasteiger partial charge is 0.481 e. The topological polar surface area (TPSA) is 64.4 Å². The van der Waals surface area contributed by atoms with Gasteiger partial charge in [0, 0.05) is 11.5 Å². The Morgan fingerprint density at radius 2 is 1.95 bits per heavy atom. The number of hydrogen-bond acceptors (Lipinski definition) is 4. The van der Waals surface area contributed by atoms with E-state index in [0.717, 1.165) is 5.76 Å². The van der Waals surface area contributed by atoms with Crippen LogP contribution < -0.4 is 10.1 Å². The summed E-state index contributed by atoms with van der Waals surface area (Å²) >= 11 is 0. The SMILES string of the molecule is CC(Oc1ccccc1)C(=O)Nc1cc(C(C)(C)C)on1. The average Bonchev–Trinajstić information content (AvgIpc) is 2.88. The van der Waals surface area contributed by atoms with E-state index < -0.39 is 6.10 Å². The number of hydrogen-bond donors (Lipinski definition) is 1. The minimum absolute atomic E-state index is 0.151. The highest BCUT2D eigenvalue weighted by molar-refractivity contribution is 5.93. The summed E-state index contributed by atoms with van der Waals surface area (Å²) in [7, 11) is 0. The van der Waals surface area contributed by atoms with Gasteiger partial charge in [-0.3, -0.25) is 4.79 Å². The Morgan fingerprint density at radius 1 is 1.29 bits per heavy atom. The van der Waals surface area contributed by atoms with E-state index in [1.807, 2.05) is 39.0 Å². The third-order valence-corrected chi connectivity index (χ3v) is 2.93. The highest BCUT2D eigenvalue weighted by atomic mass is 16.5. The van der Waals surface area contributed by atoms with Gasteiger partial charge in [-0.1, -0.05) is 44.1 Å². The molecule has 0 radical (unpaired) electrons. The van der Waals surface area contributed by atoms with Crippen LogP contribution in [0.5, 0.6) is 5.75 Å². The second-order valence-corrected chi connectivity index (χ2v) is 5.89. The lowest BCUT2D eigenvalue weighted by molar-refractivity contribution is -0.122. The molecule has 0 aliphatic rings. The molecule has 5 heteroatoms. The maximum absolute atomic E-state index is 12.1. The van der Waals surface area contributed by atoms with Crippen molar-refractivity contribution >= 4 is 11.7 Å². The number of amides is 1. The highest BCUT2D eigenvalue weighted by Gasteiger charge is 2.22. The summed E-state index contributed by atoms with van der Waals surface area (Å²) in [6.45, 7) is 7.73. The molecule has 1 heterocycles. The van der Waals surface area contributed by atoms with Gasteiger partial charge in [0.1, 0.15) is 11.5 Å². The van der Waals surface area contributed by atoms with Crippen molar-refractivity contribution in [2.24, 2.45) is 0 Å². The zero-order chi connectivity index (χ0) is 15.5. The molecule has 21 heavy (non-hydrogen) atoms. The molecular weight excluding hydrogens is 268 g/mol. The van der Waals surface area contributed by atoms with Gasteiger partial charge in [0.15, 0.2) is 11.9 Å². The van der Waals surface area contributed by atoms with Gasteiger partial charge in [0.2, 0.25) is 0 Å². The van der Waals surface area contributed by atoms with E-state index in [1.54, 1.807) is 25.1 Å². The molecule has 2 aromatic rings. The first-order valence-corrected chi connectivity index (χ1v) is 6.86. The lowest BCUT2D eigenvalue weighted by atomic mass is 9.93. The second-order valence-electron chi connectivity index (χ2n) is 5.89. The number of para-hydroxylation sites is 1. The van der Waals surface area contributed by atoms with Gasteiger partial charge in [-0.05, 0) is 19.1 Å². The van der Waals surface area contributed by atoms with Crippen LogP contribution in [0, 0.1) is 0 Å². The molecule has 112 valence electrons. The number of carbonyl (C=O) groups excluding carboxylic acids is 1. The molecule has 0 spiro atoms. The predicted molar refractivity (Wildman–Crippen MR) is 80.4 cm³/mol. The number of nitrogens with one attached hydrogen (secondary N) is 1. The van der Waals surface area contributed by atoms with Crippen molar-refractivity contribution in [3.8, 4) is 5.75 Å². The van der Waals surface area contributed by atoms with Crippen LogP contribution in [0.4, 0.5) is 5.82 Å². The first-order chi connectivity index (χ1) is 9.86. The number of benzene rings is 1. The van der Waals surface area contributed by atoms with E-state index in [1.165, 1.54) is 0 Å². The molecule has 1 aromatic heterocycles. The molecule has 0 saturated heterocycles. The molecule has 2 rings (SSSR count). The molecule has 0 bridgehead atoms. The van der Waals surface area contributed by atoms with Gasteiger partial charge in [-0.25, -0.2) is 0 Å². The Labute approximate surface area is 124 Å². The summed E-state index contributed by atoms with van der Waals surface area (Å²) in [6, 6.07) is 10.9. The Kier molecular flexibility index (Phi) is 4.31. The lowest BCUT2D eigenvalue weighted by Gasteiger charge is -2.13. The van der Waals surface area contributed by atoms with Gasteiger partial charge in [-0.15, -0.1) is 0 Å². The first-order valence-electron chi connectivity index (χ1n) is 6.86. The summed E-state index contributed by atoms with van der Waals surface area (Å²) < 4.78 is 10.8. The average molecular weight is 288 g/mol. The molecular formula is C16H20N2O3. The van der Waals surface area contributed by atoms with Crippen LogP contribution in [0.1, 0.15) is 33.5 Å². The Bertz CT molecular complexity index is 599. The number of ether oxygens (including phenoxy) is 1. The summed E-state index contributed by atoms with van der Waals surface area (Å²) in [5.74, 6) is 1.49. The molecule has 1 unspecified atom stereocenters. The fraction of sp³-hybridized carbons (Fsp3) is 0.375. The molecule has 0 fully saturated rings. The Hall–Kier alpha value is -2.30. The summed E-state index contributed by atoms with van der Waals surface area (Å²) in [5.41, 5.74) is -0.151. The van der Waals surface area contributed by atoms with E-state index in [-0.39, 0.29) is 11.3 Å². The van der Waals surface area contributed by atoms with Crippen LogP contribution in [0.3, 0.4) is 0 Å². The number of anilines is 1. The molecule has 1 N–H and O–H groups in total. The maximum Gasteiger partial charge on any atom is 0.266 e. The van der Waals surface area contributed by atoms with Crippen molar-refractivity contribution in [3.05, 3.63) is 42.2 Å². The fourth-order valence-electron chi connectivity index (χ4n) is 1.67. The van der Waals surface area contributed by atoms with E-state index in [2.05, 4.69) is 10.5 Å². The van der Waals surface area contributed by atoms with Gasteiger partial charge in [0.05, 0.1) is 0 Å². The highest BCUT2D eigenvalue weighted by Crippen LogP contribution is 2.24. The van der Waals surface area contributed by atoms with Crippen LogP contribution in [0.15, 0.2) is 40.9 Å². The van der Waals surface area contributed by atoms with Crippen LogP contribution in [0.2, 0.25) is 0 Å². The van der Waals surface area contributed by atoms with Gasteiger partial charge < -0.3 is 14.6 Å². The third-order valence-electron chi connectivity index (χ3n) is 2.93. The predicted octanol–water partition coefficient (Wildman–Crippen LogP) is 3.38. The minimum atomic E-state index is -0.623. The molecule has 5 nitrogen and oxygen atoms in total. The molecule has 1 atom stereocenters. The molecule has 1 aromatic carbocycles. The van der Waals surface area contributed by atoms with Crippen LogP contribution in [0.25, 0.3) is 0 Å². The molecule has 0 aliphatic heterocycles. The zero-order valence-corrected chi connectivity index (χ0v) is 12.7. The van der Waals surface area contributed by atoms with E-state index in [9.17, 15) is 4.79 Å². The minimum Gasteiger partial charge on any atom is -0.481 e. The zero-order valence-electron chi connectivity index (χ0n) is 12.7. The van der Waals surface area contributed by atoms with E-state index in [0.29, 0.717) is 11.6 Å². The lowest BCUT2D eigenvalue weighted by Crippen LogP contribution is -2.30. The van der Waals surface area contributed by atoms with Crippen molar-refractivity contribution in [2.75, 3.05) is 5.32 Å². The summed E-state index contributed by atoms with van der Waals surface area (Å²) in [5, 5.41) is 6.54. The standard InChI is InChI=1S/C16H20N2O3/c1-11(20-12-8-6-5-7-9-12)15(19)17-14-10-13(21-18-14)16(2,3)4/h5-11H,1-4H3,(H,17,18,19). The summed E-state index contributed by atoms with van der Waals surface area (Å²) in [4.78, 5) is 12.1. The molecule has 0 aliphatic carbocycles. The van der Waals surface area contributed by atoms with Gasteiger partial charge in [0.25, 0.3) is 5.91 Å². The Balaban J connectivity index is 1.96. The molecule has 0 saturated carbocycles.